The molecule has 1 aromatic rings. The van der Waals surface area contributed by atoms with Crippen molar-refractivity contribution in [2.45, 2.75) is 46.2 Å². The maximum absolute atomic E-state index is 5.24. The molecule has 0 amide bonds. The van der Waals surface area contributed by atoms with E-state index in [1.165, 1.54) is 0 Å². The summed E-state index contributed by atoms with van der Waals surface area (Å²) in [5.74, 6) is 0. The molecule has 4 nitrogen and oxygen atoms in total. The normalized spacial score (nSPS) is 14.1. The van der Waals surface area contributed by atoms with Crippen LogP contribution in [0.25, 0.3) is 0 Å². The molecule has 1 rings (SSSR count). The summed E-state index contributed by atoms with van der Waals surface area (Å²) < 4.78 is 5.24. The van der Waals surface area contributed by atoms with Gasteiger partial charge in [-0.25, -0.2) is 0 Å². The highest BCUT2D eigenvalue weighted by atomic mass is 16.5. The smallest absolute Gasteiger partial charge is 0.0663 e. The fraction of sp³-hybridized carbons (Fsp3) is 0.688. The highest BCUT2D eigenvalue weighted by Crippen LogP contribution is 2.18. The molecule has 20 heavy (non-hydrogen) atoms. The highest BCUT2D eigenvalue weighted by molar-refractivity contribution is 5.45. The van der Waals surface area contributed by atoms with Crippen molar-refractivity contribution in [2.75, 3.05) is 31.7 Å². The van der Waals surface area contributed by atoms with Crippen LogP contribution >= 0.6 is 0 Å². The van der Waals surface area contributed by atoms with E-state index < -0.39 is 0 Å². The van der Waals surface area contributed by atoms with E-state index in [1.807, 2.05) is 6.20 Å². The Balaban J connectivity index is 2.73. The summed E-state index contributed by atoms with van der Waals surface area (Å²) in [5, 5.41) is 3.46. The number of ether oxygens (including phenoxy) is 1. The van der Waals surface area contributed by atoms with Gasteiger partial charge >= 0.3 is 0 Å². The van der Waals surface area contributed by atoms with Gasteiger partial charge in [0, 0.05) is 25.7 Å². The highest BCUT2D eigenvalue weighted by Gasteiger charge is 2.13. The largest absolute Gasteiger partial charge is 0.383 e. The zero-order chi connectivity index (χ0) is 15.0. The minimum Gasteiger partial charge on any atom is -0.383 e. The quantitative estimate of drug-likeness (QED) is 0.754. The molecule has 0 radical (unpaired) electrons. The van der Waals surface area contributed by atoms with Crippen LogP contribution in [0.2, 0.25) is 0 Å². The molecule has 1 aromatic heterocycles. The zero-order valence-electron chi connectivity index (χ0n) is 13.5. The molecule has 0 saturated heterocycles. The van der Waals surface area contributed by atoms with Gasteiger partial charge in [0.1, 0.15) is 0 Å². The number of hydrogen-bond acceptors (Lipinski definition) is 4. The summed E-state index contributed by atoms with van der Waals surface area (Å²) in [6.07, 6.45) is 3.11. The van der Waals surface area contributed by atoms with Crippen LogP contribution in [0.15, 0.2) is 18.3 Å². The van der Waals surface area contributed by atoms with E-state index in [2.05, 4.69) is 55.0 Å². The summed E-state index contributed by atoms with van der Waals surface area (Å²) in [7, 11) is 1.74. The van der Waals surface area contributed by atoms with E-state index >= 15 is 0 Å². The Morgan fingerprint density at radius 3 is 2.55 bits per heavy atom. The molecule has 0 fully saturated rings. The van der Waals surface area contributed by atoms with Crippen molar-refractivity contribution < 1.29 is 4.74 Å². The van der Waals surface area contributed by atoms with Gasteiger partial charge in [-0.1, -0.05) is 6.92 Å². The first kappa shape index (κ1) is 16.9. The Kier molecular flexibility index (Phi) is 7.55. The van der Waals surface area contributed by atoms with Gasteiger partial charge in [-0.15, -0.1) is 0 Å². The lowest BCUT2D eigenvalue weighted by molar-refractivity contribution is 0.182. The van der Waals surface area contributed by atoms with E-state index in [0.29, 0.717) is 12.1 Å². The maximum atomic E-state index is 5.24. The SMILES string of the molecule is CCCNC(C)c1ccc(N(CC)C(C)COC)cn1. The van der Waals surface area contributed by atoms with Gasteiger partial charge in [-0.2, -0.15) is 0 Å². The van der Waals surface area contributed by atoms with Crippen LogP contribution in [-0.4, -0.2) is 37.8 Å². The molecule has 1 N–H and O–H groups in total. The van der Waals surface area contributed by atoms with Crippen LogP contribution in [0.4, 0.5) is 5.69 Å². The predicted molar refractivity (Wildman–Crippen MR) is 85.3 cm³/mol. The van der Waals surface area contributed by atoms with E-state index in [1.54, 1.807) is 7.11 Å². The first-order chi connectivity index (χ1) is 9.63. The number of nitrogens with one attached hydrogen (secondary N) is 1. The second-order valence-electron chi connectivity index (χ2n) is 5.21. The molecule has 0 bridgehead atoms. The Morgan fingerprint density at radius 1 is 1.30 bits per heavy atom. The summed E-state index contributed by atoms with van der Waals surface area (Å²) in [5.41, 5.74) is 2.25. The van der Waals surface area contributed by atoms with Crippen LogP contribution in [0.1, 0.15) is 45.9 Å². The molecule has 4 heteroatoms. The first-order valence-corrected chi connectivity index (χ1v) is 7.58. The van der Waals surface area contributed by atoms with Crippen LogP contribution in [0.5, 0.6) is 0 Å². The number of anilines is 1. The number of hydrogen-bond donors (Lipinski definition) is 1. The summed E-state index contributed by atoms with van der Waals surface area (Å²) in [6, 6.07) is 4.93. The van der Waals surface area contributed by atoms with Gasteiger partial charge in [-0.3, -0.25) is 4.98 Å². The van der Waals surface area contributed by atoms with Gasteiger partial charge < -0.3 is 15.0 Å². The number of aromatic nitrogens is 1. The fourth-order valence-corrected chi connectivity index (χ4v) is 2.37. The van der Waals surface area contributed by atoms with Gasteiger partial charge in [0.05, 0.1) is 24.2 Å². The number of methoxy groups -OCH3 is 1. The fourth-order valence-electron chi connectivity index (χ4n) is 2.37. The molecule has 0 spiro atoms. The average molecular weight is 279 g/mol. The van der Waals surface area contributed by atoms with Crippen molar-refractivity contribution in [3.05, 3.63) is 24.0 Å². The Bertz CT molecular complexity index is 366. The first-order valence-electron chi connectivity index (χ1n) is 7.58. The number of pyridine rings is 1. The Morgan fingerprint density at radius 2 is 2.05 bits per heavy atom. The molecule has 0 aromatic carbocycles. The van der Waals surface area contributed by atoms with Crippen molar-refractivity contribution in [3.8, 4) is 0 Å². The van der Waals surface area contributed by atoms with Gasteiger partial charge in [0.25, 0.3) is 0 Å². The minimum absolute atomic E-state index is 0.301. The summed E-state index contributed by atoms with van der Waals surface area (Å²) >= 11 is 0. The maximum Gasteiger partial charge on any atom is 0.0663 e. The van der Waals surface area contributed by atoms with Crippen LogP contribution < -0.4 is 10.2 Å². The molecule has 2 atom stereocenters. The summed E-state index contributed by atoms with van der Waals surface area (Å²) in [4.78, 5) is 6.91. The van der Waals surface area contributed by atoms with E-state index in [9.17, 15) is 0 Å². The van der Waals surface area contributed by atoms with Crippen molar-refractivity contribution in [1.29, 1.82) is 0 Å². The van der Waals surface area contributed by atoms with Gasteiger partial charge in [-0.05, 0) is 45.9 Å². The lowest BCUT2D eigenvalue weighted by Gasteiger charge is -2.29. The zero-order valence-corrected chi connectivity index (χ0v) is 13.5. The molecular formula is C16H29N3O. The lowest BCUT2D eigenvalue weighted by atomic mass is 10.2. The molecule has 114 valence electrons. The number of nitrogens with zero attached hydrogens (tertiary/aromatic N) is 2. The molecule has 0 aliphatic heterocycles. The third-order valence-electron chi connectivity index (χ3n) is 3.53. The number of likely N-dealkylation sites (N-methyl/N-ethyl adjacent to an activating group) is 1. The second kappa shape index (κ2) is 8.93. The predicted octanol–water partition coefficient (Wildman–Crippen LogP) is 3.00. The monoisotopic (exact) mass is 279 g/mol. The Hall–Kier alpha value is -1.13. The van der Waals surface area contributed by atoms with Gasteiger partial charge in [0.15, 0.2) is 0 Å². The molecule has 2 unspecified atom stereocenters. The number of rotatable bonds is 9. The van der Waals surface area contributed by atoms with Crippen LogP contribution in [-0.2, 0) is 4.74 Å². The molecule has 1 heterocycles. The van der Waals surface area contributed by atoms with Crippen LogP contribution in [0.3, 0.4) is 0 Å². The van der Waals surface area contributed by atoms with Crippen molar-refractivity contribution >= 4 is 5.69 Å². The average Bonchev–Trinajstić information content (AvgIpc) is 2.46. The van der Waals surface area contributed by atoms with E-state index in [0.717, 1.165) is 37.5 Å². The molecule has 0 aliphatic rings. The van der Waals surface area contributed by atoms with Gasteiger partial charge in [0.2, 0.25) is 0 Å². The van der Waals surface area contributed by atoms with E-state index in [4.69, 9.17) is 4.74 Å². The van der Waals surface area contributed by atoms with Crippen molar-refractivity contribution in [3.63, 3.8) is 0 Å². The van der Waals surface area contributed by atoms with E-state index in [-0.39, 0.29) is 0 Å². The molecule has 0 saturated carbocycles. The third kappa shape index (κ3) is 4.76. The second-order valence-corrected chi connectivity index (χ2v) is 5.21. The molecular weight excluding hydrogens is 250 g/mol. The third-order valence-corrected chi connectivity index (χ3v) is 3.53. The van der Waals surface area contributed by atoms with Crippen molar-refractivity contribution in [2.24, 2.45) is 0 Å². The van der Waals surface area contributed by atoms with Crippen LogP contribution in [0, 0.1) is 0 Å². The standard InChI is InChI=1S/C16H29N3O/c1-6-10-17-14(4)16-9-8-15(11-18-16)19(7-2)13(3)12-20-5/h8-9,11,13-14,17H,6-7,10,12H2,1-5H3. The minimum atomic E-state index is 0.301. The summed E-state index contributed by atoms with van der Waals surface area (Å²) in [6.45, 7) is 11.4. The molecule has 0 aliphatic carbocycles. The lowest BCUT2D eigenvalue weighted by Crippen LogP contribution is -2.36. The topological polar surface area (TPSA) is 37.4 Å². The Labute approximate surface area is 123 Å². The van der Waals surface area contributed by atoms with Crippen molar-refractivity contribution in [1.82, 2.24) is 10.3 Å².